The van der Waals surface area contributed by atoms with Crippen molar-refractivity contribution in [2.24, 2.45) is 0 Å². The second kappa shape index (κ2) is 10.1. The van der Waals surface area contributed by atoms with E-state index in [2.05, 4.69) is 0 Å². The Kier molecular flexibility index (Phi) is 7.46. The highest BCUT2D eigenvalue weighted by molar-refractivity contribution is 5.97. The van der Waals surface area contributed by atoms with E-state index in [4.69, 9.17) is 9.47 Å². The summed E-state index contributed by atoms with van der Waals surface area (Å²) in [7, 11) is 0. The van der Waals surface area contributed by atoms with Crippen LogP contribution in [0.2, 0.25) is 0 Å². The van der Waals surface area contributed by atoms with E-state index in [0.29, 0.717) is 26.1 Å². The molecule has 4 nitrogen and oxygen atoms in total. The maximum Gasteiger partial charge on any atom is 0.419 e. The van der Waals surface area contributed by atoms with E-state index in [1.54, 1.807) is 4.90 Å². The van der Waals surface area contributed by atoms with Crippen molar-refractivity contribution in [3.63, 3.8) is 0 Å². The van der Waals surface area contributed by atoms with E-state index in [1.165, 1.54) is 6.07 Å². The summed E-state index contributed by atoms with van der Waals surface area (Å²) in [5, 5.41) is 0. The molecule has 1 aliphatic heterocycles. The molecule has 7 heteroatoms. The maximum absolute atomic E-state index is 13.8. The van der Waals surface area contributed by atoms with Gasteiger partial charge in [0, 0.05) is 19.2 Å². The number of carbonyl (C=O) groups is 1. The lowest BCUT2D eigenvalue weighted by atomic mass is 10.1. The van der Waals surface area contributed by atoms with Crippen LogP contribution in [0.4, 0.5) is 13.2 Å². The molecule has 0 spiro atoms. The number of amides is 1. The lowest BCUT2D eigenvalue weighted by Crippen LogP contribution is -2.26. The van der Waals surface area contributed by atoms with E-state index in [-0.39, 0.29) is 23.7 Å². The molecule has 0 bridgehead atoms. The first kappa shape index (κ1) is 23.0. The SMILES string of the molecule is CCCCOc1cc(OCCCC)c(C(F)(F)F)cc1C(=O)N1Cc2ccccc2C1. The van der Waals surface area contributed by atoms with Crippen LogP contribution < -0.4 is 9.47 Å². The normalized spacial score (nSPS) is 13.3. The number of carbonyl (C=O) groups excluding carboxylic acids is 1. The van der Waals surface area contributed by atoms with Gasteiger partial charge in [-0.1, -0.05) is 51.0 Å². The molecular weight excluding hydrogens is 407 g/mol. The molecule has 0 saturated heterocycles. The smallest absolute Gasteiger partial charge is 0.419 e. The largest absolute Gasteiger partial charge is 0.493 e. The maximum atomic E-state index is 13.8. The fourth-order valence-electron chi connectivity index (χ4n) is 3.49. The summed E-state index contributed by atoms with van der Waals surface area (Å²) in [6.45, 7) is 5.13. The Morgan fingerprint density at radius 2 is 1.48 bits per heavy atom. The molecule has 0 aliphatic carbocycles. The first-order chi connectivity index (χ1) is 14.8. The molecule has 31 heavy (non-hydrogen) atoms. The highest BCUT2D eigenvalue weighted by Gasteiger charge is 2.37. The fraction of sp³-hybridized carbons (Fsp3) is 0.458. The monoisotopic (exact) mass is 435 g/mol. The third kappa shape index (κ3) is 5.51. The quantitative estimate of drug-likeness (QED) is 0.439. The van der Waals surface area contributed by atoms with Gasteiger partial charge in [-0.3, -0.25) is 4.79 Å². The van der Waals surface area contributed by atoms with Crippen LogP contribution in [-0.2, 0) is 19.3 Å². The fourth-order valence-corrected chi connectivity index (χ4v) is 3.49. The number of hydrogen-bond acceptors (Lipinski definition) is 3. The molecule has 0 N–H and O–H groups in total. The van der Waals surface area contributed by atoms with Gasteiger partial charge in [-0.2, -0.15) is 13.2 Å². The Labute approximate surface area is 181 Å². The summed E-state index contributed by atoms with van der Waals surface area (Å²) in [5.74, 6) is -0.643. The average molecular weight is 435 g/mol. The number of hydrogen-bond donors (Lipinski definition) is 0. The molecule has 0 radical (unpaired) electrons. The predicted octanol–water partition coefficient (Wildman–Crippen LogP) is 6.22. The first-order valence-corrected chi connectivity index (χ1v) is 10.7. The molecule has 168 valence electrons. The summed E-state index contributed by atoms with van der Waals surface area (Å²) in [4.78, 5) is 14.8. The number of ether oxygens (including phenoxy) is 2. The third-order valence-electron chi connectivity index (χ3n) is 5.26. The van der Waals surface area contributed by atoms with Gasteiger partial charge in [-0.15, -0.1) is 0 Å². The molecule has 2 aromatic rings. The number of halogens is 3. The van der Waals surface area contributed by atoms with Crippen molar-refractivity contribution in [2.45, 2.75) is 58.8 Å². The van der Waals surface area contributed by atoms with Crippen molar-refractivity contribution in [1.29, 1.82) is 0 Å². The van der Waals surface area contributed by atoms with Crippen LogP contribution in [0.1, 0.15) is 66.6 Å². The highest BCUT2D eigenvalue weighted by atomic mass is 19.4. The summed E-state index contributed by atoms with van der Waals surface area (Å²) in [6, 6.07) is 9.73. The van der Waals surface area contributed by atoms with Crippen LogP contribution in [0, 0.1) is 0 Å². The first-order valence-electron chi connectivity index (χ1n) is 10.7. The zero-order chi connectivity index (χ0) is 22.4. The number of alkyl halides is 3. The number of rotatable bonds is 9. The Balaban J connectivity index is 1.96. The van der Waals surface area contributed by atoms with Gasteiger partial charge in [0.15, 0.2) is 0 Å². The molecule has 0 atom stereocenters. The average Bonchev–Trinajstić information content (AvgIpc) is 3.17. The molecule has 3 rings (SSSR count). The Hall–Kier alpha value is -2.70. The van der Waals surface area contributed by atoms with Crippen LogP contribution in [0.25, 0.3) is 0 Å². The van der Waals surface area contributed by atoms with Crippen LogP contribution >= 0.6 is 0 Å². The molecule has 0 aromatic heterocycles. The van der Waals surface area contributed by atoms with Gasteiger partial charge >= 0.3 is 6.18 Å². The van der Waals surface area contributed by atoms with Crippen molar-refractivity contribution in [1.82, 2.24) is 4.90 Å². The standard InChI is InChI=1S/C24H28F3NO3/c1-3-5-11-30-21-14-22(31-12-6-4-2)20(24(25,26)27)13-19(21)23(29)28-15-17-9-7-8-10-18(17)16-28/h7-10,13-14H,3-6,11-12,15-16H2,1-2H3. The van der Waals surface area contributed by atoms with Crippen LogP contribution in [0.5, 0.6) is 11.5 Å². The topological polar surface area (TPSA) is 38.8 Å². The van der Waals surface area contributed by atoms with Gasteiger partial charge in [0.25, 0.3) is 5.91 Å². The summed E-state index contributed by atoms with van der Waals surface area (Å²) < 4.78 is 52.5. The van der Waals surface area contributed by atoms with Gasteiger partial charge in [-0.05, 0) is 30.0 Å². The highest BCUT2D eigenvalue weighted by Crippen LogP contribution is 2.41. The molecule has 1 heterocycles. The van der Waals surface area contributed by atoms with Crippen molar-refractivity contribution in [3.05, 3.63) is 58.7 Å². The van der Waals surface area contributed by atoms with E-state index < -0.39 is 17.6 Å². The van der Waals surface area contributed by atoms with E-state index in [9.17, 15) is 18.0 Å². The number of unbranched alkanes of at least 4 members (excludes halogenated alkanes) is 2. The molecular formula is C24H28F3NO3. The third-order valence-corrected chi connectivity index (χ3v) is 5.26. The molecule has 1 amide bonds. The van der Waals surface area contributed by atoms with Crippen LogP contribution in [0.3, 0.4) is 0 Å². The minimum Gasteiger partial charge on any atom is -0.493 e. The van der Waals surface area contributed by atoms with Gasteiger partial charge in [-0.25, -0.2) is 0 Å². The summed E-state index contributed by atoms with van der Waals surface area (Å²) >= 11 is 0. The lowest BCUT2D eigenvalue weighted by Gasteiger charge is -2.21. The van der Waals surface area contributed by atoms with Gasteiger partial charge < -0.3 is 14.4 Å². The van der Waals surface area contributed by atoms with E-state index >= 15 is 0 Å². The second-order valence-corrected chi connectivity index (χ2v) is 7.68. The Bertz CT molecular complexity index is 886. The summed E-state index contributed by atoms with van der Waals surface area (Å²) in [5.41, 5.74) is 0.963. The zero-order valence-corrected chi connectivity index (χ0v) is 17.9. The number of fused-ring (bicyclic) bond motifs is 1. The minimum absolute atomic E-state index is 0.0842. The minimum atomic E-state index is -4.65. The second-order valence-electron chi connectivity index (χ2n) is 7.68. The van der Waals surface area contributed by atoms with Crippen molar-refractivity contribution >= 4 is 5.91 Å². The van der Waals surface area contributed by atoms with Gasteiger partial charge in [0.2, 0.25) is 0 Å². The Morgan fingerprint density at radius 3 is 2.00 bits per heavy atom. The predicted molar refractivity (Wildman–Crippen MR) is 112 cm³/mol. The molecule has 0 saturated carbocycles. The van der Waals surface area contributed by atoms with E-state index in [1.807, 2.05) is 38.1 Å². The molecule has 1 aliphatic rings. The summed E-state index contributed by atoms with van der Waals surface area (Å²) in [6.07, 6.45) is -1.61. The van der Waals surface area contributed by atoms with Crippen molar-refractivity contribution in [3.8, 4) is 11.5 Å². The molecule has 0 unspecified atom stereocenters. The Morgan fingerprint density at radius 1 is 0.935 bits per heavy atom. The lowest BCUT2D eigenvalue weighted by molar-refractivity contribution is -0.139. The van der Waals surface area contributed by atoms with Gasteiger partial charge in [0.05, 0.1) is 24.3 Å². The van der Waals surface area contributed by atoms with Crippen molar-refractivity contribution < 1.29 is 27.4 Å². The van der Waals surface area contributed by atoms with Crippen LogP contribution in [-0.4, -0.2) is 24.0 Å². The molecule has 2 aromatic carbocycles. The van der Waals surface area contributed by atoms with Crippen LogP contribution in [0.15, 0.2) is 36.4 Å². The number of nitrogens with zero attached hydrogens (tertiary/aromatic N) is 1. The van der Waals surface area contributed by atoms with Crippen molar-refractivity contribution in [2.75, 3.05) is 13.2 Å². The zero-order valence-electron chi connectivity index (χ0n) is 17.9. The number of benzene rings is 2. The molecule has 0 fully saturated rings. The van der Waals surface area contributed by atoms with E-state index in [0.717, 1.165) is 36.5 Å². The van der Waals surface area contributed by atoms with Gasteiger partial charge in [0.1, 0.15) is 11.5 Å².